The van der Waals surface area contributed by atoms with Crippen LogP contribution in [0.5, 0.6) is 0 Å². The fourth-order valence-corrected chi connectivity index (χ4v) is 0.739. The van der Waals surface area contributed by atoms with Crippen molar-refractivity contribution >= 4 is 6.08 Å². The second-order valence-electron chi connectivity index (χ2n) is 2.15. The van der Waals surface area contributed by atoms with Gasteiger partial charge in [0.1, 0.15) is 5.82 Å². The number of hydrogen-bond donors (Lipinski definition) is 0. The third-order valence-electron chi connectivity index (χ3n) is 1.29. The van der Waals surface area contributed by atoms with Crippen LogP contribution in [0, 0.1) is 5.82 Å². The van der Waals surface area contributed by atoms with Crippen LogP contribution in [0.2, 0.25) is 0 Å². The maximum Gasteiger partial charge on any atom is 0.123 e. The van der Waals surface area contributed by atoms with Gasteiger partial charge in [0.15, 0.2) is 0 Å². The van der Waals surface area contributed by atoms with Gasteiger partial charge in [-0.2, -0.15) is 0 Å². The smallest absolute Gasteiger partial charge is 0.123 e. The summed E-state index contributed by atoms with van der Waals surface area (Å²) in [5, 5.41) is 0. The molecule has 1 rings (SSSR count). The van der Waals surface area contributed by atoms with E-state index in [1.54, 1.807) is 18.2 Å². The van der Waals surface area contributed by atoms with Gasteiger partial charge in [-0.15, -0.1) is 5.73 Å². The molecule has 1 aromatic rings. The molecule has 11 heavy (non-hydrogen) atoms. The lowest BCUT2D eigenvalue weighted by molar-refractivity contribution is 0.628. The molecule has 0 fully saturated rings. The van der Waals surface area contributed by atoms with Crippen LogP contribution in [0.1, 0.15) is 12.5 Å². The van der Waals surface area contributed by atoms with Crippen LogP contribution >= 0.6 is 0 Å². The second kappa shape index (κ2) is 3.75. The molecule has 0 heterocycles. The van der Waals surface area contributed by atoms with Crippen molar-refractivity contribution in [1.82, 2.24) is 0 Å². The van der Waals surface area contributed by atoms with E-state index in [1.165, 1.54) is 12.1 Å². The van der Waals surface area contributed by atoms with Crippen molar-refractivity contribution < 1.29 is 4.39 Å². The molecule has 1 aromatic carbocycles. The van der Waals surface area contributed by atoms with Gasteiger partial charge >= 0.3 is 0 Å². The highest BCUT2D eigenvalue weighted by Crippen LogP contribution is 2.03. The van der Waals surface area contributed by atoms with Gasteiger partial charge in [0.05, 0.1) is 0 Å². The fourth-order valence-electron chi connectivity index (χ4n) is 0.739. The zero-order valence-electron chi connectivity index (χ0n) is 6.34. The third kappa shape index (κ3) is 2.40. The third-order valence-corrected chi connectivity index (χ3v) is 1.29. The fraction of sp³-hybridized carbons (Fsp3) is 0.100. The predicted octanol–water partition coefficient (Wildman–Crippen LogP) is 3.01. The highest BCUT2D eigenvalue weighted by molar-refractivity contribution is 5.47. The molecular formula is C10H9F. The molecule has 0 nitrogen and oxygen atoms in total. The maximum atomic E-state index is 12.4. The average molecular weight is 148 g/mol. The van der Waals surface area contributed by atoms with Gasteiger partial charge in [-0.3, -0.25) is 0 Å². The molecule has 0 spiro atoms. The first-order valence-corrected chi connectivity index (χ1v) is 3.45. The van der Waals surface area contributed by atoms with Gasteiger partial charge in [-0.25, -0.2) is 4.39 Å². The van der Waals surface area contributed by atoms with Crippen molar-refractivity contribution in [2.24, 2.45) is 0 Å². The lowest BCUT2D eigenvalue weighted by Crippen LogP contribution is -1.72. The standard InChI is InChI=1S/C10H9F/c1-2-3-4-9-5-7-10(11)8-6-9/h2,4-8H,1H3. The SMILES string of the molecule is CC=C=Cc1ccc(F)cc1. The van der Waals surface area contributed by atoms with Crippen molar-refractivity contribution in [2.45, 2.75) is 6.92 Å². The lowest BCUT2D eigenvalue weighted by atomic mass is 10.2. The van der Waals surface area contributed by atoms with Crippen LogP contribution in [-0.4, -0.2) is 0 Å². The number of benzene rings is 1. The number of rotatable bonds is 1. The van der Waals surface area contributed by atoms with Crippen LogP contribution in [0.4, 0.5) is 4.39 Å². The summed E-state index contributed by atoms with van der Waals surface area (Å²) in [4.78, 5) is 0. The lowest BCUT2D eigenvalue weighted by Gasteiger charge is -1.88. The van der Waals surface area contributed by atoms with E-state index < -0.39 is 0 Å². The van der Waals surface area contributed by atoms with E-state index >= 15 is 0 Å². The Labute approximate surface area is 65.7 Å². The Morgan fingerprint density at radius 3 is 2.45 bits per heavy atom. The zero-order valence-corrected chi connectivity index (χ0v) is 6.34. The Morgan fingerprint density at radius 1 is 1.27 bits per heavy atom. The van der Waals surface area contributed by atoms with E-state index in [4.69, 9.17) is 0 Å². The van der Waals surface area contributed by atoms with E-state index in [2.05, 4.69) is 5.73 Å². The summed E-state index contributed by atoms with van der Waals surface area (Å²) in [6, 6.07) is 6.30. The van der Waals surface area contributed by atoms with Crippen molar-refractivity contribution in [1.29, 1.82) is 0 Å². The van der Waals surface area contributed by atoms with Crippen LogP contribution < -0.4 is 0 Å². The largest absolute Gasteiger partial charge is 0.207 e. The highest BCUT2D eigenvalue weighted by Gasteiger charge is 1.86. The molecule has 0 N–H and O–H groups in total. The molecule has 1 heteroatoms. The molecule has 0 saturated carbocycles. The quantitative estimate of drug-likeness (QED) is 0.537. The van der Waals surface area contributed by atoms with Gasteiger partial charge < -0.3 is 0 Å². The Balaban J connectivity index is 2.90. The topological polar surface area (TPSA) is 0 Å². The number of halogens is 1. The molecule has 0 radical (unpaired) electrons. The molecule has 0 unspecified atom stereocenters. The Hall–Kier alpha value is -1.33. The predicted molar refractivity (Wildman–Crippen MR) is 44.6 cm³/mol. The number of allylic oxidation sites excluding steroid dienone is 1. The minimum atomic E-state index is -0.206. The Morgan fingerprint density at radius 2 is 1.91 bits per heavy atom. The summed E-state index contributed by atoms with van der Waals surface area (Å²) in [5.41, 5.74) is 3.87. The molecule has 0 aliphatic rings. The molecule has 0 aromatic heterocycles. The van der Waals surface area contributed by atoms with Gasteiger partial charge in [0, 0.05) is 0 Å². The zero-order chi connectivity index (χ0) is 8.10. The van der Waals surface area contributed by atoms with E-state index in [1.807, 2.05) is 13.0 Å². The summed E-state index contributed by atoms with van der Waals surface area (Å²) in [6.45, 7) is 1.89. The summed E-state index contributed by atoms with van der Waals surface area (Å²) >= 11 is 0. The Kier molecular flexibility index (Phi) is 2.65. The molecule has 0 saturated heterocycles. The average Bonchev–Trinajstić information content (AvgIpc) is 2.04. The molecule has 0 atom stereocenters. The first-order valence-electron chi connectivity index (χ1n) is 3.45. The molecule has 0 aliphatic carbocycles. The number of hydrogen-bond acceptors (Lipinski definition) is 0. The summed E-state index contributed by atoms with van der Waals surface area (Å²) < 4.78 is 12.4. The van der Waals surface area contributed by atoms with E-state index in [0.717, 1.165) is 5.56 Å². The van der Waals surface area contributed by atoms with Crippen molar-refractivity contribution in [3.8, 4) is 0 Å². The van der Waals surface area contributed by atoms with Crippen LogP contribution in [-0.2, 0) is 0 Å². The summed E-state index contributed by atoms with van der Waals surface area (Å²) in [6.07, 6.45) is 3.61. The van der Waals surface area contributed by atoms with Crippen molar-refractivity contribution in [3.63, 3.8) is 0 Å². The normalized spacial score (nSPS) is 8.55. The molecule has 0 bridgehead atoms. The second-order valence-corrected chi connectivity index (χ2v) is 2.15. The minimum absolute atomic E-state index is 0.206. The first kappa shape index (κ1) is 7.77. The van der Waals surface area contributed by atoms with Crippen molar-refractivity contribution in [2.75, 3.05) is 0 Å². The van der Waals surface area contributed by atoms with Gasteiger partial charge in [-0.05, 0) is 36.8 Å². The molecule has 0 aliphatic heterocycles. The van der Waals surface area contributed by atoms with Crippen LogP contribution in [0.25, 0.3) is 6.08 Å². The minimum Gasteiger partial charge on any atom is -0.207 e. The monoisotopic (exact) mass is 148 g/mol. The maximum absolute atomic E-state index is 12.4. The van der Waals surface area contributed by atoms with Gasteiger partial charge in [0.25, 0.3) is 0 Å². The molecular weight excluding hydrogens is 139 g/mol. The summed E-state index contributed by atoms with van der Waals surface area (Å²) in [7, 11) is 0. The van der Waals surface area contributed by atoms with Gasteiger partial charge in [-0.1, -0.05) is 12.1 Å². The molecule has 56 valence electrons. The van der Waals surface area contributed by atoms with E-state index in [-0.39, 0.29) is 5.82 Å². The molecule has 0 amide bonds. The highest BCUT2D eigenvalue weighted by atomic mass is 19.1. The first-order chi connectivity index (χ1) is 5.33. The van der Waals surface area contributed by atoms with Gasteiger partial charge in [0.2, 0.25) is 0 Å². The van der Waals surface area contributed by atoms with E-state index in [9.17, 15) is 4.39 Å². The van der Waals surface area contributed by atoms with E-state index in [0.29, 0.717) is 0 Å². The summed E-state index contributed by atoms with van der Waals surface area (Å²) in [5.74, 6) is -0.206. The van der Waals surface area contributed by atoms with Crippen LogP contribution in [0.3, 0.4) is 0 Å². The Bertz CT molecular complexity index is 276. The van der Waals surface area contributed by atoms with Crippen LogP contribution in [0.15, 0.2) is 36.1 Å². The van der Waals surface area contributed by atoms with Crippen molar-refractivity contribution in [3.05, 3.63) is 47.5 Å².